The molecule has 1 atom stereocenters. The van der Waals surface area contributed by atoms with Gasteiger partial charge in [0.2, 0.25) is 11.8 Å². The summed E-state index contributed by atoms with van der Waals surface area (Å²) in [5.74, 6) is 1.55. The molecule has 1 aromatic heterocycles. The number of anilines is 1. The van der Waals surface area contributed by atoms with Crippen molar-refractivity contribution in [1.29, 1.82) is 0 Å². The Kier molecular flexibility index (Phi) is 6.42. The third-order valence-corrected chi connectivity index (χ3v) is 7.82. The molecular weight excluding hydrogens is 384 g/mol. The van der Waals surface area contributed by atoms with Gasteiger partial charge < -0.3 is 15.1 Å². The molecule has 29 heavy (non-hydrogen) atoms. The van der Waals surface area contributed by atoms with Crippen LogP contribution in [0.5, 0.6) is 0 Å². The van der Waals surface area contributed by atoms with E-state index in [4.69, 9.17) is 4.98 Å². The van der Waals surface area contributed by atoms with Crippen molar-refractivity contribution in [2.24, 2.45) is 17.8 Å². The van der Waals surface area contributed by atoms with Gasteiger partial charge in [0.15, 0.2) is 5.13 Å². The fraction of sp³-hybridized carbons (Fsp3) is 0.773. The van der Waals surface area contributed by atoms with Crippen LogP contribution in [0.25, 0.3) is 0 Å². The first kappa shape index (κ1) is 20.6. The standard InChI is InChI=1S/C22H34N4O2S/c1-15(2)8-9-23-20(27)17-6-7-18-19(14-17)29-22(24-18)26-12-10-25(11-13-26)21(28)16-4-3-5-16/h15-17H,3-14H2,1-2H3,(H,23,27)/t17-/m1/s1. The van der Waals surface area contributed by atoms with Crippen LogP contribution in [-0.4, -0.2) is 54.4 Å². The Morgan fingerprint density at radius 3 is 2.55 bits per heavy atom. The van der Waals surface area contributed by atoms with Crippen molar-refractivity contribution in [2.75, 3.05) is 37.6 Å². The number of rotatable bonds is 6. The lowest BCUT2D eigenvalue weighted by molar-refractivity contribution is -0.138. The van der Waals surface area contributed by atoms with Gasteiger partial charge in [-0.1, -0.05) is 20.3 Å². The molecule has 0 spiro atoms. The summed E-state index contributed by atoms with van der Waals surface area (Å²) in [6.07, 6.45) is 7.00. The van der Waals surface area contributed by atoms with Crippen LogP contribution >= 0.6 is 11.3 Å². The van der Waals surface area contributed by atoms with E-state index in [1.54, 1.807) is 11.3 Å². The number of nitrogens with zero attached hydrogens (tertiary/aromatic N) is 3. The fourth-order valence-corrected chi connectivity index (χ4v) is 5.62. The van der Waals surface area contributed by atoms with Gasteiger partial charge in [-0.2, -0.15) is 0 Å². The molecule has 2 heterocycles. The third kappa shape index (κ3) is 4.76. The van der Waals surface area contributed by atoms with Crippen LogP contribution in [0.2, 0.25) is 0 Å². The first-order valence-corrected chi connectivity index (χ1v) is 12.1. The van der Waals surface area contributed by atoms with Gasteiger partial charge in [0, 0.05) is 49.4 Å². The number of aromatic nitrogens is 1. The van der Waals surface area contributed by atoms with Crippen molar-refractivity contribution in [3.05, 3.63) is 10.6 Å². The molecule has 2 amide bonds. The molecule has 4 rings (SSSR count). The molecule has 1 aromatic rings. The van der Waals surface area contributed by atoms with Crippen molar-refractivity contribution < 1.29 is 9.59 Å². The molecule has 0 unspecified atom stereocenters. The molecule has 160 valence electrons. The number of thiazole rings is 1. The maximum absolute atomic E-state index is 12.5. The number of piperazine rings is 1. The van der Waals surface area contributed by atoms with Crippen molar-refractivity contribution in [2.45, 2.75) is 58.8 Å². The van der Waals surface area contributed by atoms with Crippen LogP contribution < -0.4 is 10.2 Å². The van der Waals surface area contributed by atoms with Gasteiger partial charge in [-0.25, -0.2) is 4.98 Å². The fourth-order valence-electron chi connectivity index (χ4n) is 4.38. The second-order valence-corrected chi connectivity index (χ2v) is 10.3. The Morgan fingerprint density at radius 1 is 1.14 bits per heavy atom. The third-order valence-electron chi connectivity index (χ3n) is 6.64. The van der Waals surface area contributed by atoms with E-state index in [9.17, 15) is 9.59 Å². The molecular formula is C22H34N4O2S. The molecule has 3 aliphatic rings. The van der Waals surface area contributed by atoms with Gasteiger partial charge in [0.25, 0.3) is 0 Å². The van der Waals surface area contributed by atoms with Crippen LogP contribution in [0, 0.1) is 17.8 Å². The van der Waals surface area contributed by atoms with Crippen LogP contribution in [0.3, 0.4) is 0 Å². The molecule has 6 nitrogen and oxygen atoms in total. The van der Waals surface area contributed by atoms with E-state index in [1.807, 2.05) is 4.90 Å². The molecule has 0 radical (unpaired) electrons. The Bertz CT molecular complexity index is 735. The summed E-state index contributed by atoms with van der Waals surface area (Å²) in [4.78, 5) is 35.5. The second-order valence-electron chi connectivity index (χ2n) is 9.22. The Balaban J connectivity index is 1.29. The highest BCUT2D eigenvalue weighted by molar-refractivity contribution is 7.15. The molecule has 0 bridgehead atoms. The van der Waals surface area contributed by atoms with E-state index in [0.29, 0.717) is 11.8 Å². The van der Waals surface area contributed by atoms with Gasteiger partial charge in [-0.05, 0) is 44.4 Å². The quantitative estimate of drug-likeness (QED) is 0.772. The zero-order chi connectivity index (χ0) is 20.4. The van der Waals surface area contributed by atoms with E-state index >= 15 is 0 Å². The van der Waals surface area contributed by atoms with Crippen LogP contribution in [0.1, 0.15) is 56.5 Å². The van der Waals surface area contributed by atoms with Crippen LogP contribution in [-0.2, 0) is 22.4 Å². The van der Waals surface area contributed by atoms with Crippen molar-refractivity contribution >= 4 is 28.3 Å². The maximum atomic E-state index is 12.5. The zero-order valence-electron chi connectivity index (χ0n) is 17.8. The minimum atomic E-state index is 0.0832. The molecule has 2 fully saturated rings. The SMILES string of the molecule is CC(C)CCNC(=O)[C@@H]1CCc2nc(N3CCN(C(=O)C4CCC4)CC3)sc2C1. The minimum absolute atomic E-state index is 0.0832. The molecule has 1 aliphatic heterocycles. The normalized spacial score (nSPS) is 22.4. The number of hydrogen-bond donors (Lipinski definition) is 1. The first-order valence-electron chi connectivity index (χ1n) is 11.3. The maximum Gasteiger partial charge on any atom is 0.225 e. The largest absolute Gasteiger partial charge is 0.356 e. The zero-order valence-corrected chi connectivity index (χ0v) is 18.6. The molecule has 1 saturated heterocycles. The Labute approximate surface area is 178 Å². The molecule has 7 heteroatoms. The number of aryl methyl sites for hydroxylation is 1. The first-order chi connectivity index (χ1) is 14.0. The lowest BCUT2D eigenvalue weighted by Gasteiger charge is -2.38. The monoisotopic (exact) mass is 418 g/mol. The lowest BCUT2D eigenvalue weighted by Crippen LogP contribution is -2.51. The molecule has 0 aromatic carbocycles. The van der Waals surface area contributed by atoms with E-state index in [-0.39, 0.29) is 17.7 Å². The van der Waals surface area contributed by atoms with Crippen LogP contribution in [0.15, 0.2) is 0 Å². The highest BCUT2D eigenvalue weighted by atomic mass is 32.1. The summed E-state index contributed by atoms with van der Waals surface area (Å²) >= 11 is 1.75. The molecule has 1 saturated carbocycles. The van der Waals surface area contributed by atoms with Crippen molar-refractivity contribution in [1.82, 2.24) is 15.2 Å². The predicted octanol–water partition coefficient (Wildman–Crippen LogP) is 2.86. The topological polar surface area (TPSA) is 65.5 Å². The van der Waals surface area contributed by atoms with Crippen LogP contribution in [0.4, 0.5) is 5.13 Å². The number of amides is 2. The van der Waals surface area contributed by atoms with Gasteiger partial charge in [-0.15, -0.1) is 11.3 Å². The average Bonchev–Trinajstić information content (AvgIpc) is 3.09. The number of carbonyl (C=O) groups is 2. The van der Waals surface area contributed by atoms with Crippen molar-refractivity contribution in [3.8, 4) is 0 Å². The van der Waals surface area contributed by atoms with E-state index in [2.05, 4.69) is 24.1 Å². The predicted molar refractivity (Wildman–Crippen MR) is 116 cm³/mol. The lowest BCUT2D eigenvalue weighted by atomic mass is 9.84. The number of fused-ring (bicyclic) bond motifs is 1. The van der Waals surface area contributed by atoms with Crippen molar-refractivity contribution in [3.63, 3.8) is 0 Å². The van der Waals surface area contributed by atoms with E-state index in [0.717, 1.165) is 76.4 Å². The van der Waals surface area contributed by atoms with Gasteiger partial charge in [-0.3, -0.25) is 9.59 Å². The van der Waals surface area contributed by atoms with Gasteiger partial charge in [0.1, 0.15) is 0 Å². The Morgan fingerprint density at radius 2 is 1.90 bits per heavy atom. The number of nitrogens with one attached hydrogen (secondary N) is 1. The molecule has 2 aliphatic carbocycles. The summed E-state index contributed by atoms with van der Waals surface area (Å²) in [6, 6.07) is 0. The van der Waals surface area contributed by atoms with Gasteiger partial charge >= 0.3 is 0 Å². The summed E-state index contributed by atoms with van der Waals surface area (Å²) in [6.45, 7) is 8.48. The molecule has 1 N–H and O–H groups in total. The minimum Gasteiger partial charge on any atom is -0.356 e. The van der Waals surface area contributed by atoms with Gasteiger partial charge in [0.05, 0.1) is 5.69 Å². The summed E-state index contributed by atoms with van der Waals surface area (Å²) in [5, 5.41) is 4.19. The second kappa shape index (κ2) is 9.02. The highest BCUT2D eigenvalue weighted by Gasteiger charge is 2.33. The highest BCUT2D eigenvalue weighted by Crippen LogP contribution is 2.35. The number of hydrogen-bond acceptors (Lipinski definition) is 5. The summed E-state index contributed by atoms with van der Waals surface area (Å²) in [5.41, 5.74) is 1.18. The number of carbonyl (C=O) groups excluding carboxylic acids is 2. The average molecular weight is 419 g/mol. The van der Waals surface area contributed by atoms with E-state index < -0.39 is 0 Å². The van der Waals surface area contributed by atoms with E-state index in [1.165, 1.54) is 17.0 Å². The smallest absolute Gasteiger partial charge is 0.225 e. The summed E-state index contributed by atoms with van der Waals surface area (Å²) < 4.78 is 0. The Hall–Kier alpha value is -1.63. The summed E-state index contributed by atoms with van der Waals surface area (Å²) in [7, 11) is 0.